The second-order valence-corrected chi connectivity index (χ2v) is 5.56. The molecule has 2 nitrogen and oxygen atoms in total. The normalized spacial score (nSPS) is 15.2. The Morgan fingerprint density at radius 1 is 1.24 bits per heavy atom. The van der Waals surface area contributed by atoms with Crippen molar-refractivity contribution in [1.29, 1.82) is 0 Å². The predicted molar refractivity (Wildman–Crippen MR) is 75.3 cm³/mol. The molecule has 2 aromatic rings. The van der Waals surface area contributed by atoms with E-state index in [1.165, 1.54) is 46.8 Å². The van der Waals surface area contributed by atoms with E-state index in [2.05, 4.69) is 38.7 Å². The van der Waals surface area contributed by atoms with E-state index in [9.17, 15) is 0 Å². The van der Waals surface area contributed by atoms with Crippen LogP contribution in [0.2, 0.25) is 0 Å². The first-order valence-electron chi connectivity index (χ1n) is 6.31. The number of halogens is 1. The largest absolute Gasteiger partial charge is 0.342 e. The third kappa shape index (κ3) is 1.72. The van der Waals surface area contributed by atoms with Crippen molar-refractivity contribution in [3.8, 4) is 0 Å². The first kappa shape index (κ1) is 11.3. The third-order valence-electron chi connectivity index (χ3n) is 3.70. The molecule has 0 spiro atoms. The molecular formula is C14H17BrN2. The van der Waals surface area contributed by atoms with E-state index < -0.39 is 0 Å². The fourth-order valence-corrected chi connectivity index (χ4v) is 3.60. The zero-order valence-electron chi connectivity index (χ0n) is 9.88. The van der Waals surface area contributed by atoms with Crippen LogP contribution in [0, 0.1) is 0 Å². The van der Waals surface area contributed by atoms with Gasteiger partial charge >= 0.3 is 0 Å². The summed E-state index contributed by atoms with van der Waals surface area (Å²) in [5, 5.41) is 1.42. The number of para-hydroxylation sites is 1. The summed E-state index contributed by atoms with van der Waals surface area (Å²) in [6.07, 6.45) is 5.06. The number of nitrogens with two attached hydrogens (primary N) is 1. The maximum atomic E-state index is 5.76. The van der Waals surface area contributed by atoms with Gasteiger partial charge in [-0.05, 0) is 53.2 Å². The van der Waals surface area contributed by atoms with E-state index in [0.717, 1.165) is 6.54 Å². The average Bonchev–Trinajstić information content (AvgIpc) is 2.67. The molecule has 1 aromatic carbocycles. The minimum absolute atomic E-state index is 0.706. The molecule has 0 amide bonds. The van der Waals surface area contributed by atoms with Gasteiger partial charge in [0.15, 0.2) is 0 Å². The molecule has 0 radical (unpaired) electrons. The molecule has 1 aliphatic carbocycles. The van der Waals surface area contributed by atoms with Crippen molar-refractivity contribution >= 4 is 26.8 Å². The van der Waals surface area contributed by atoms with Gasteiger partial charge in [-0.3, -0.25) is 0 Å². The summed E-state index contributed by atoms with van der Waals surface area (Å²) in [7, 11) is 0. The molecule has 0 fully saturated rings. The highest BCUT2D eigenvalue weighted by atomic mass is 79.9. The standard InChI is InChI=1S/C14H17BrN2/c15-12-6-3-5-11-10-4-1-2-7-13(10)17(9-8-16)14(11)12/h3,5-6H,1-2,4,7-9,16H2. The third-order valence-corrected chi connectivity index (χ3v) is 4.34. The van der Waals surface area contributed by atoms with Gasteiger partial charge in [-0.15, -0.1) is 0 Å². The highest BCUT2D eigenvalue weighted by Gasteiger charge is 2.20. The average molecular weight is 293 g/mol. The molecule has 2 N–H and O–H groups in total. The highest BCUT2D eigenvalue weighted by molar-refractivity contribution is 9.10. The molecule has 0 bridgehead atoms. The van der Waals surface area contributed by atoms with Crippen LogP contribution in [0.4, 0.5) is 0 Å². The van der Waals surface area contributed by atoms with Crippen LogP contribution in [0.3, 0.4) is 0 Å². The van der Waals surface area contributed by atoms with Crippen LogP contribution < -0.4 is 5.73 Å². The van der Waals surface area contributed by atoms with Gasteiger partial charge < -0.3 is 10.3 Å². The van der Waals surface area contributed by atoms with Crippen molar-refractivity contribution in [2.24, 2.45) is 5.73 Å². The Kier molecular flexibility index (Phi) is 2.97. The number of benzene rings is 1. The van der Waals surface area contributed by atoms with Crippen LogP contribution >= 0.6 is 15.9 Å². The smallest absolute Gasteiger partial charge is 0.0630 e. The molecule has 3 rings (SSSR count). The topological polar surface area (TPSA) is 30.9 Å². The second kappa shape index (κ2) is 4.46. The predicted octanol–water partition coefficient (Wildman–Crippen LogP) is 3.24. The molecule has 17 heavy (non-hydrogen) atoms. The van der Waals surface area contributed by atoms with Gasteiger partial charge in [0, 0.05) is 28.6 Å². The number of fused-ring (bicyclic) bond motifs is 3. The molecule has 0 atom stereocenters. The summed E-state index contributed by atoms with van der Waals surface area (Å²) < 4.78 is 3.62. The summed E-state index contributed by atoms with van der Waals surface area (Å²) >= 11 is 3.68. The zero-order valence-corrected chi connectivity index (χ0v) is 11.5. The minimum Gasteiger partial charge on any atom is -0.342 e. The van der Waals surface area contributed by atoms with Gasteiger partial charge in [0.2, 0.25) is 0 Å². The van der Waals surface area contributed by atoms with Gasteiger partial charge in [-0.25, -0.2) is 0 Å². The quantitative estimate of drug-likeness (QED) is 0.905. The molecule has 0 saturated heterocycles. The maximum absolute atomic E-state index is 5.76. The number of hydrogen-bond acceptors (Lipinski definition) is 1. The summed E-state index contributed by atoms with van der Waals surface area (Å²) in [5.74, 6) is 0. The molecular weight excluding hydrogens is 276 g/mol. The molecule has 3 heteroatoms. The Morgan fingerprint density at radius 2 is 2.06 bits per heavy atom. The number of rotatable bonds is 2. The lowest BCUT2D eigenvalue weighted by atomic mass is 9.96. The SMILES string of the molecule is NCCn1c2c(c3cccc(Br)c31)CCCC2. The maximum Gasteiger partial charge on any atom is 0.0630 e. The van der Waals surface area contributed by atoms with Crippen molar-refractivity contribution in [3.05, 3.63) is 33.9 Å². The molecule has 0 aliphatic heterocycles. The van der Waals surface area contributed by atoms with Crippen LogP contribution in [0.1, 0.15) is 24.1 Å². The lowest BCUT2D eigenvalue weighted by molar-refractivity contribution is 0.617. The number of hydrogen-bond donors (Lipinski definition) is 1. The molecule has 1 aliphatic rings. The van der Waals surface area contributed by atoms with E-state index >= 15 is 0 Å². The van der Waals surface area contributed by atoms with Gasteiger partial charge in [0.1, 0.15) is 0 Å². The van der Waals surface area contributed by atoms with Crippen molar-refractivity contribution in [3.63, 3.8) is 0 Å². The summed E-state index contributed by atoms with van der Waals surface area (Å²) in [4.78, 5) is 0. The van der Waals surface area contributed by atoms with Crippen molar-refractivity contribution < 1.29 is 0 Å². The van der Waals surface area contributed by atoms with E-state index in [1.807, 2.05) is 0 Å². The summed E-state index contributed by atoms with van der Waals surface area (Å²) in [6, 6.07) is 6.51. The Hall–Kier alpha value is -0.800. The lowest BCUT2D eigenvalue weighted by Crippen LogP contribution is -2.14. The number of aromatic nitrogens is 1. The van der Waals surface area contributed by atoms with Crippen LogP contribution in [-0.4, -0.2) is 11.1 Å². The van der Waals surface area contributed by atoms with E-state index in [1.54, 1.807) is 5.56 Å². The first-order valence-corrected chi connectivity index (χ1v) is 7.10. The van der Waals surface area contributed by atoms with Crippen molar-refractivity contribution in [1.82, 2.24) is 4.57 Å². The lowest BCUT2D eigenvalue weighted by Gasteiger charge is -2.15. The highest BCUT2D eigenvalue weighted by Crippen LogP contribution is 2.35. The second-order valence-electron chi connectivity index (χ2n) is 4.71. The van der Waals surface area contributed by atoms with Crippen molar-refractivity contribution in [2.45, 2.75) is 32.2 Å². The van der Waals surface area contributed by atoms with E-state index in [4.69, 9.17) is 5.73 Å². The van der Waals surface area contributed by atoms with Gasteiger partial charge in [0.25, 0.3) is 0 Å². The molecule has 0 unspecified atom stereocenters. The van der Waals surface area contributed by atoms with Crippen LogP contribution in [0.25, 0.3) is 10.9 Å². The minimum atomic E-state index is 0.706. The Morgan fingerprint density at radius 3 is 2.88 bits per heavy atom. The Balaban J connectivity index is 2.34. The van der Waals surface area contributed by atoms with Gasteiger partial charge in [-0.1, -0.05) is 12.1 Å². The number of aryl methyl sites for hydroxylation is 1. The molecule has 0 saturated carbocycles. The van der Waals surface area contributed by atoms with Crippen LogP contribution in [0.5, 0.6) is 0 Å². The fourth-order valence-electron chi connectivity index (χ4n) is 3.02. The summed E-state index contributed by atoms with van der Waals surface area (Å²) in [5.41, 5.74) is 10.2. The van der Waals surface area contributed by atoms with Crippen LogP contribution in [-0.2, 0) is 19.4 Å². The van der Waals surface area contributed by atoms with E-state index in [-0.39, 0.29) is 0 Å². The molecule has 1 aromatic heterocycles. The first-order chi connectivity index (χ1) is 8.33. The van der Waals surface area contributed by atoms with Crippen LogP contribution in [0.15, 0.2) is 22.7 Å². The summed E-state index contributed by atoms with van der Waals surface area (Å²) in [6.45, 7) is 1.63. The number of nitrogens with zero attached hydrogens (tertiary/aromatic N) is 1. The van der Waals surface area contributed by atoms with Crippen molar-refractivity contribution in [2.75, 3.05) is 6.54 Å². The zero-order chi connectivity index (χ0) is 11.8. The van der Waals surface area contributed by atoms with Gasteiger partial charge in [0.05, 0.1) is 5.52 Å². The van der Waals surface area contributed by atoms with Gasteiger partial charge in [-0.2, -0.15) is 0 Å². The fraction of sp³-hybridized carbons (Fsp3) is 0.429. The van der Waals surface area contributed by atoms with E-state index in [0.29, 0.717) is 6.54 Å². The monoisotopic (exact) mass is 292 g/mol. The molecule has 1 heterocycles. The Bertz CT molecular complexity index is 557. The Labute approximate surface area is 110 Å². The molecule has 90 valence electrons.